The average Bonchev–Trinajstić information content (AvgIpc) is 2.77. The van der Waals surface area contributed by atoms with Gasteiger partial charge in [0.15, 0.2) is 5.82 Å². The second kappa shape index (κ2) is 4.23. The van der Waals surface area contributed by atoms with Gasteiger partial charge in [0, 0.05) is 5.69 Å². The first kappa shape index (κ1) is 9.86. The molecule has 1 aromatic carbocycles. The van der Waals surface area contributed by atoms with Crippen LogP contribution in [0.15, 0.2) is 30.6 Å². The predicted molar refractivity (Wildman–Crippen MR) is 56.7 cm³/mol. The fraction of sp³-hybridized carbons (Fsp3) is 0.273. The van der Waals surface area contributed by atoms with Crippen LogP contribution in [0.1, 0.15) is 18.3 Å². The summed E-state index contributed by atoms with van der Waals surface area (Å²) in [6.07, 6.45) is 2.63. The third kappa shape index (κ3) is 1.89. The van der Waals surface area contributed by atoms with Gasteiger partial charge in [-0.3, -0.25) is 4.57 Å². The maximum Gasteiger partial charge on any atom is 0.163 e. The third-order valence-corrected chi connectivity index (χ3v) is 2.38. The van der Waals surface area contributed by atoms with Crippen molar-refractivity contribution in [2.45, 2.75) is 20.0 Å². The molecule has 0 spiro atoms. The molecule has 78 valence electrons. The summed E-state index contributed by atoms with van der Waals surface area (Å²) >= 11 is 0. The van der Waals surface area contributed by atoms with Crippen LogP contribution in [-0.4, -0.2) is 19.9 Å². The number of hydrogen-bond acceptors (Lipinski definition) is 3. The largest absolute Gasteiger partial charge is 0.388 e. The van der Waals surface area contributed by atoms with Crippen LogP contribution in [0.2, 0.25) is 0 Å². The van der Waals surface area contributed by atoms with E-state index in [4.69, 9.17) is 5.11 Å². The molecule has 1 N–H and O–H groups in total. The Kier molecular flexibility index (Phi) is 2.78. The zero-order valence-corrected chi connectivity index (χ0v) is 8.59. The molecule has 0 amide bonds. The molecule has 0 atom stereocenters. The Balaban J connectivity index is 2.37. The number of aliphatic hydroxyl groups is 1. The van der Waals surface area contributed by atoms with Crippen molar-refractivity contribution in [3.05, 3.63) is 42.0 Å². The van der Waals surface area contributed by atoms with Crippen molar-refractivity contribution in [1.29, 1.82) is 0 Å². The van der Waals surface area contributed by atoms with Gasteiger partial charge >= 0.3 is 0 Å². The number of benzene rings is 1. The van der Waals surface area contributed by atoms with Crippen LogP contribution in [0, 0.1) is 0 Å². The van der Waals surface area contributed by atoms with Gasteiger partial charge in [-0.15, -0.1) is 10.2 Å². The highest BCUT2D eigenvalue weighted by Crippen LogP contribution is 2.11. The van der Waals surface area contributed by atoms with Gasteiger partial charge in [0.1, 0.15) is 12.9 Å². The van der Waals surface area contributed by atoms with E-state index in [1.165, 1.54) is 5.56 Å². The van der Waals surface area contributed by atoms with Gasteiger partial charge < -0.3 is 5.11 Å². The monoisotopic (exact) mass is 203 g/mol. The minimum absolute atomic E-state index is 0.102. The van der Waals surface area contributed by atoms with Crippen molar-refractivity contribution in [1.82, 2.24) is 14.8 Å². The number of aliphatic hydroxyl groups excluding tert-OH is 1. The zero-order chi connectivity index (χ0) is 10.7. The molecule has 0 unspecified atom stereocenters. The molecule has 0 aliphatic carbocycles. The maximum atomic E-state index is 9.05. The van der Waals surface area contributed by atoms with Crippen LogP contribution >= 0.6 is 0 Å². The van der Waals surface area contributed by atoms with E-state index in [0.29, 0.717) is 5.82 Å². The van der Waals surface area contributed by atoms with Crippen LogP contribution in [0.5, 0.6) is 0 Å². The lowest BCUT2D eigenvalue weighted by Gasteiger charge is -2.05. The first-order valence-electron chi connectivity index (χ1n) is 4.94. The molecule has 0 bridgehead atoms. The van der Waals surface area contributed by atoms with Gasteiger partial charge in [-0.05, 0) is 24.1 Å². The normalized spacial score (nSPS) is 10.5. The first-order valence-corrected chi connectivity index (χ1v) is 4.94. The van der Waals surface area contributed by atoms with E-state index in [1.807, 2.05) is 12.1 Å². The number of nitrogens with zero attached hydrogens (tertiary/aromatic N) is 3. The summed E-state index contributed by atoms with van der Waals surface area (Å²) in [6, 6.07) is 8.13. The topological polar surface area (TPSA) is 50.9 Å². The molecule has 0 radical (unpaired) electrons. The SMILES string of the molecule is CCc1ccc(-n2cnnc2CO)cc1. The van der Waals surface area contributed by atoms with Crippen molar-refractivity contribution < 1.29 is 5.11 Å². The van der Waals surface area contributed by atoms with Gasteiger partial charge in [-0.1, -0.05) is 19.1 Å². The van der Waals surface area contributed by atoms with E-state index in [0.717, 1.165) is 12.1 Å². The van der Waals surface area contributed by atoms with E-state index < -0.39 is 0 Å². The van der Waals surface area contributed by atoms with Crippen molar-refractivity contribution in [2.75, 3.05) is 0 Å². The van der Waals surface area contributed by atoms with Gasteiger partial charge in [-0.2, -0.15) is 0 Å². The summed E-state index contributed by atoms with van der Waals surface area (Å²) in [5.41, 5.74) is 2.26. The van der Waals surface area contributed by atoms with E-state index >= 15 is 0 Å². The molecule has 2 aromatic rings. The highest BCUT2D eigenvalue weighted by atomic mass is 16.3. The third-order valence-electron chi connectivity index (χ3n) is 2.38. The number of aryl methyl sites for hydroxylation is 1. The first-order chi connectivity index (χ1) is 7.35. The van der Waals surface area contributed by atoms with E-state index in [2.05, 4.69) is 29.3 Å². The fourth-order valence-corrected chi connectivity index (χ4v) is 1.47. The number of aromatic nitrogens is 3. The fourth-order valence-electron chi connectivity index (χ4n) is 1.47. The Labute approximate surface area is 88.2 Å². The molecule has 4 heteroatoms. The number of rotatable bonds is 3. The summed E-state index contributed by atoms with van der Waals surface area (Å²) in [6.45, 7) is 2.02. The molecule has 1 aromatic heterocycles. The van der Waals surface area contributed by atoms with Gasteiger partial charge in [0.2, 0.25) is 0 Å². The molecular weight excluding hydrogens is 190 g/mol. The molecule has 1 heterocycles. The summed E-state index contributed by atoms with van der Waals surface area (Å²) in [7, 11) is 0. The van der Waals surface area contributed by atoms with Crippen molar-refractivity contribution in [3.8, 4) is 5.69 Å². The Morgan fingerprint density at radius 3 is 2.60 bits per heavy atom. The van der Waals surface area contributed by atoms with Gasteiger partial charge in [0.05, 0.1) is 0 Å². The Morgan fingerprint density at radius 1 is 1.27 bits per heavy atom. The van der Waals surface area contributed by atoms with Crippen molar-refractivity contribution in [3.63, 3.8) is 0 Å². The van der Waals surface area contributed by atoms with E-state index in [9.17, 15) is 0 Å². The molecule has 0 aliphatic rings. The molecule has 0 saturated carbocycles. The van der Waals surface area contributed by atoms with Crippen LogP contribution in [0.4, 0.5) is 0 Å². The standard InChI is InChI=1S/C11H13N3O/c1-2-9-3-5-10(6-4-9)14-8-12-13-11(14)7-15/h3-6,8,15H,2,7H2,1H3. The Bertz CT molecular complexity index is 433. The Hall–Kier alpha value is -1.68. The summed E-state index contributed by atoms with van der Waals surface area (Å²) in [5, 5.41) is 16.6. The lowest BCUT2D eigenvalue weighted by Crippen LogP contribution is -1.99. The van der Waals surface area contributed by atoms with Crippen LogP contribution < -0.4 is 0 Å². The van der Waals surface area contributed by atoms with Crippen LogP contribution in [-0.2, 0) is 13.0 Å². The summed E-state index contributed by atoms with van der Waals surface area (Å²) in [4.78, 5) is 0. The van der Waals surface area contributed by atoms with Crippen molar-refractivity contribution >= 4 is 0 Å². The molecular formula is C11H13N3O. The lowest BCUT2D eigenvalue weighted by molar-refractivity contribution is 0.269. The summed E-state index contributed by atoms with van der Waals surface area (Å²) < 4.78 is 1.78. The molecule has 0 saturated heterocycles. The number of hydrogen-bond donors (Lipinski definition) is 1. The van der Waals surface area contributed by atoms with Crippen molar-refractivity contribution in [2.24, 2.45) is 0 Å². The van der Waals surface area contributed by atoms with Gasteiger partial charge in [0.25, 0.3) is 0 Å². The van der Waals surface area contributed by atoms with E-state index in [1.54, 1.807) is 10.9 Å². The predicted octanol–water partition coefficient (Wildman–Crippen LogP) is 1.32. The minimum atomic E-state index is -0.102. The van der Waals surface area contributed by atoms with Gasteiger partial charge in [-0.25, -0.2) is 0 Å². The average molecular weight is 203 g/mol. The molecule has 0 aliphatic heterocycles. The minimum Gasteiger partial charge on any atom is -0.388 e. The second-order valence-electron chi connectivity index (χ2n) is 3.30. The smallest absolute Gasteiger partial charge is 0.163 e. The quantitative estimate of drug-likeness (QED) is 0.818. The van der Waals surface area contributed by atoms with Crippen LogP contribution in [0.3, 0.4) is 0 Å². The molecule has 15 heavy (non-hydrogen) atoms. The Morgan fingerprint density at radius 2 is 2.00 bits per heavy atom. The zero-order valence-electron chi connectivity index (χ0n) is 8.59. The molecule has 4 nitrogen and oxygen atoms in total. The molecule has 0 fully saturated rings. The summed E-state index contributed by atoms with van der Waals surface area (Å²) in [5.74, 6) is 0.555. The van der Waals surface area contributed by atoms with E-state index in [-0.39, 0.29) is 6.61 Å². The highest BCUT2D eigenvalue weighted by molar-refractivity contribution is 5.35. The second-order valence-corrected chi connectivity index (χ2v) is 3.30. The lowest BCUT2D eigenvalue weighted by atomic mass is 10.1. The molecule has 2 rings (SSSR count). The maximum absolute atomic E-state index is 9.05. The highest BCUT2D eigenvalue weighted by Gasteiger charge is 2.03. The van der Waals surface area contributed by atoms with Crippen LogP contribution in [0.25, 0.3) is 5.69 Å².